The Morgan fingerprint density at radius 3 is 3.00 bits per heavy atom. The predicted molar refractivity (Wildman–Crippen MR) is 44.1 cm³/mol. The van der Waals surface area contributed by atoms with Crippen molar-refractivity contribution in [2.45, 2.75) is 32.2 Å². The second-order valence-electron chi connectivity index (χ2n) is 2.59. The highest BCUT2D eigenvalue weighted by Gasteiger charge is 2.20. The van der Waals surface area contributed by atoms with E-state index in [-0.39, 0.29) is 0 Å². The van der Waals surface area contributed by atoms with Gasteiger partial charge in [0.2, 0.25) is 0 Å². The lowest BCUT2D eigenvalue weighted by Crippen LogP contribution is -2.12. The average Bonchev–Trinajstić information content (AvgIpc) is 2.67. The van der Waals surface area contributed by atoms with Crippen LogP contribution in [0.15, 0.2) is 17.4 Å². The van der Waals surface area contributed by atoms with Crippen LogP contribution in [0.25, 0.3) is 0 Å². The van der Waals surface area contributed by atoms with Crippen molar-refractivity contribution in [3.05, 3.63) is 12.4 Å². The maximum Gasteiger partial charge on any atom is 0.118 e. The summed E-state index contributed by atoms with van der Waals surface area (Å²) in [5, 5.41) is 3.20. The van der Waals surface area contributed by atoms with E-state index >= 15 is 0 Å². The number of rotatable bonds is 4. The molecule has 56 valence electrons. The topological polar surface area (TPSA) is 24.4 Å². The Kier molecular flexibility index (Phi) is 2.49. The highest BCUT2D eigenvalue weighted by atomic mass is 15.1. The molecule has 1 saturated carbocycles. The van der Waals surface area contributed by atoms with E-state index in [1.54, 1.807) is 0 Å². The third-order valence-electron chi connectivity index (χ3n) is 1.38. The fraction of sp³-hybridized carbons (Fsp3) is 0.625. The van der Waals surface area contributed by atoms with Crippen LogP contribution in [0, 0.1) is 0 Å². The summed E-state index contributed by atoms with van der Waals surface area (Å²) < 4.78 is 0. The molecule has 1 aliphatic rings. The predicted octanol–water partition coefficient (Wildman–Crippen LogP) is 1.69. The van der Waals surface area contributed by atoms with Gasteiger partial charge in [-0.15, -0.1) is 0 Å². The molecular formula is C8H14N2. The van der Waals surface area contributed by atoms with E-state index < -0.39 is 0 Å². The summed E-state index contributed by atoms with van der Waals surface area (Å²) in [5.74, 6) is 0.810. The molecule has 0 spiro atoms. The Morgan fingerprint density at radius 1 is 1.80 bits per heavy atom. The van der Waals surface area contributed by atoms with Crippen molar-refractivity contribution in [1.29, 1.82) is 0 Å². The van der Waals surface area contributed by atoms with Crippen LogP contribution in [0.1, 0.15) is 26.2 Å². The molecule has 10 heavy (non-hydrogen) atoms. The molecule has 1 fully saturated rings. The first-order valence-corrected chi connectivity index (χ1v) is 3.81. The lowest BCUT2D eigenvalue weighted by Gasteiger charge is -1.99. The van der Waals surface area contributed by atoms with Gasteiger partial charge in [0.05, 0.1) is 0 Å². The third-order valence-corrected chi connectivity index (χ3v) is 1.38. The Bertz CT molecular complexity index is 145. The molecule has 2 heteroatoms. The summed E-state index contributed by atoms with van der Waals surface area (Å²) in [5.41, 5.74) is 0. The molecule has 0 atom stereocenters. The minimum absolute atomic E-state index is 0.668. The summed E-state index contributed by atoms with van der Waals surface area (Å²) in [6, 6.07) is 0.668. The maximum atomic E-state index is 4.09. The summed E-state index contributed by atoms with van der Waals surface area (Å²) in [4.78, 5) is 4.09. The van der Waals surface area contributed by atoms with E-state index in [2.05, 4.69) is 23.8 Å². The molecule has 0 bridgehead atoms. The zero-order valence-corrected chi connectivity index (χ0v) is 6.43. The van der Waals surface area contributed by atoms with Crippen LogP contribution >= 0.6 is 0 Å². The van der Waals surface area contributed by atoms with Gasteiger partial charge in [-0.3, -0.25) is 0 Å². The third kappa shape index (κ3) is 2.67. The first kappa shape index (κ1) is 7.32. The van der Waals surface area contributed by atoms with E-state index in [9.17, 15) is 0 Å². The van der Waals surface area contributed by atoms with Crippen LogP contribution < -0.4 is 5.32 Å². The standard InChI is InChI=1S/C8H14N2/c1-3-6-9-7(2)10-8-4-5-8/h6,8,10H,2-5H2,1H3. The van der Waals surface area contributed by atoms with Crippen LogP contribution in [0.2, 0.25) is 0 Å². The van der Waals surface area contributed by atoms with E-state index in [0.29, 0.717) is 6.04 Å². The average molecular weight is 138 g/mol. The largest absolute Gasteiger partial charge is 0.368 e. The molecule has 0 aromatic rings. The van der Waals surface area contributed by atoms with Gasteiger partial charge < -0.3 is 5.32 Å². The molecule has 0 heterocycles. The van der Waals surface area contributed by atoms with Crippen LogP contribution in [0.5, 0.6) is 0 Å². The van der Waals surface area contributed by atoms with Crippen LogP contribution in [0.4, 0.5) is 0 Å². The van der Waals surface area contributed by atoms with Gasteiger partial charge in [0.1, 0.15) is 5.82 Å². The zero-order chi connectivity index (χ0) is 7.40. The smallest absolute Gasteiger partial charge is 0.118 e. The monoisotopic (exact) mass is 138 g/mol. The van der Waals surface area contributed by atoms with Crippen molar-refractivity contribution < 1.29 is 0 Å². The molecule has 1 N–H and O–H groups in total. The highest BCUT2D eigenvalue weighted by Crippen LogP contribution is 2.19. The van der Waals surface area contributed by atoms with Gasteiger partial charge in [-0.05, 0) is 19.3 Å². The van der Waals surface area contributed by atoms with Crippen molar-refractivity contribution in [2.75, 3.05) is 0 Å². The maximum absolute atomic E-state index is 4.09. The molecule has 0 amide bonds. The zero-order valence-electron chi connectivity index (χ0n) is 6.43. The van der Waals surface area contributed by atoms with Gasteiger partial charge in [-0.25, -0.2) is 4.99 Å². The lowest BCUT2D eigenvalue weighted by atomic mass is 10.5. The summed E-state index contributed by atoms with van der Waals surface area (Å²) in [6.07, 6.45) is 5.41. The van der Waals surface area contributed by atoms with E-state index in [1.165, 1.54) is 12.8 Å². The highest BCUT2D eigenvalue weighted by molar-refractivity contribution is 5.58. The molecule has 0 aromatic carbocycles. The number of hydrogen-bond donors (Lipinski definition) is 1. The van der Waals surface area contributed by atoms with Gasteiger partial charge in [-0.1, -0.05) is 13.5 Å². The molecule has 0 unspecified atom stereocenters. The van der Waals surface area contributed by atoms with Crippen LogP contribution in [0.3, 0.4) is 0 Å². The van der Waals surface area contributed by atoms with E-state index in [1.807, 2.05) is 6.21 Å². The molecule has 0 aliphatic heterocycles. The summed E-state index contributed by atoms with van der Waals surface area (Å²) >= 11 is 0. The Hall–Kier alpha value is -0.790. The van der Waals surface area contributed by atoms with Crippen LogP contribution in [-0.4, -0.2) is 12.3 Å². The quantitative estimate of drug-likeness (QED) is 0.587. The second kappa shape index (κ2) is 3.40. The molecule has 0 radical (unpaired) electrons. The SMILES string of the molecule is C=C(N=CCC)NC1CC1. The molecule has 0 aromatic heterocycles. The Balaban J connectivity index is 2.13. The van der Waals surface area contributed by atoms with Gasteiger partial charge >= 0.3 is 0 Å². The van der Waals surface area contributed by atoms with Crippen molar-refractivity contribution in [3.8, 4) is 0 Å². The molecule has 2 nitrogen and oxygen atoms in total. The fourth-order valence-corrected chi connectivity index (χ4v) is 0.702. The molecule has 0 saturated heterocycles. The molecule has 1 rings (SSSR count). The van der Waals surface area contributed by atoms with Crippen molar-refractivity contribution in [2.24, 2.45) is 4.99 Å². The summed E-state index contributed by atoms with van der Waals surface area (Å²) in [7, 11) is 0. The number of aliphatic imine (C=N–C) groups is 1. The normalized spacial score (nSPS) is 17.7. The van der Waals surface area contributed by atoms with Gasteiger partial charge in [0, 0.05) is 12.3 Å². The van der Waals surface area contributed by atoms with Gasteiger partial charge in [0.15, 0.2) is 0 Å². The van der Waals surface area contributed by atoms with Crippen molar-refractivity contribution in [1.82, 2.24) is 5.32 Å². The van der Waals surface area contributed by atoms with E-state index in [0.717, 1.165) is 12.2 Å². The number of hydrogen-bond acceptors (Lipinski definition) is 2. The molecule has 1 aliphatic carbocycles. The number of nitrogens with zero attached hydrogens (tertiary/aromatic N) is 1. The van der Waals surface area contributed by atoms with Gasteiger partial charge in [0.25, 0.3) is 0 Å². The number of nitrogens with one attached hydrogen (secondary N) is 1. The fourth-order valence-electron chi connectivity index (χ4n) is 0.702. The van der Waals surface area contributed by atoms with Crippen molar-refractivity contribution >= 4 is 6.21 Å². The minimum Gasteiger partial charge on any atom is -0.368 e. The minimum atomic E-state index is 0.668. The second-order valence-corrected chi connectivity index (χ2v) is 2.59. The first-order valence-electron chi connectivity index (χ1n) is 3.81. The lowest BCUT2D eigenvalue weighted by molar-refractivity contribution is 0.798. The summed E-state index contributed by atoms with van der Waals surface area (Å²) in [6.45, 7) is 5.83. The first-order chi connectivity index (χ1) is 4.83. The van der Waals surface area contributed by atoms with E-state index in [4.69, 9.17) is 0 Å². The van der Waals surface area contributed by atoms with Crippen LogP contribution in [-0.2, 0) is 0 Å². The molecular weight excluding hydrogens is 124 g/mol. The van der Waals surface area contributed by atoms with Gasteiger partial charge in [-0.2, -0.15) is 0 Å². The van der Waals surface area contributed by atoms with Crippen molar-refractivity contribution in [3.63, 3.8) is 0 Å². The Labute approximate surface area is 62.0 Å². The Morgan fingerprint density at radius 2 is 2.50 bits per heavy atom.